The Kier molecular flexibility index (Phi) is 5.81. The fourth-order valence-corrected chi connectivity index (χ4v) is 5.39. The maximum Gasteiger partial charge on any atom is 0.269 e. The van der Waals surface area contributed by atoms with Gasteiger partial charge in [-0.05, 0) is 35.7 Å². The van der Waals surface area contributed by atoms with E-state index >= 15 is 0 Å². The standard InChI is InChI=1S/C22H24FN3O4S/c1-16(17-5-3-2-4-6-17)14-24-21(27)20-13-22(30-25-20)11-12-26(15-22)31(28,29)19-9-7-18(23)8-10-19/h2-10,16H,11-15H2,1H3,(H,24,27)/t16-,22-/m1/s1. The van der Waals surface area contributed by atoms with Crippen molar-refractivity contribution in [3.63, 3.8) is 0 Å². The molecule has 1 fully saturated rings. The highest BCUT2D eigenvalue weighted by molar-refractivity contribution is 7.89. The Labute approximate surface area is 180 Å². The Morgan fingerprint density at radius 2 is 1.94 bits per heavy atom. The SMILES string of the molecule is C[C@H](CNC(=O)C1=NO[C@]2(CCN(S(=O)(=O)c3ccc(F)cc3)C2)C1)c1ccccc1. The molecule has 0 aliphatic carbocycles. The largest absolute Gasteiger partial charge is 0.387 e. The van der Waals surface area contributed by atoms with Gasteiger partial charge < -0.3 is 10.2 Å². The number of oxime groups is 1. The lowest BCUT2D eigenvalue weighted by Gasteiger charge is -2.21. The van der Waals surface area contributed by atoms with Crippen LogP contribution in [-0.2, 0) is 19.7 Å². The van der Waals surface area contributed by atoms with Crippen molar-refractivity contribution in [1.29, 1.82) is 0 Å². The van der Waals surface area contributed by atoms with Gasteiger partial charge in [-0.3, -0.25) is 4.79 Å². The third-order valence-electron chi connectivity index (χ3n) is 5.77. The lowest BCUT2D eigenvalue weighted by molar-refractivity contribution is -0.115. The van der Waals surface area contributed by atoms with E-state index < -0.39 is 21.4 Å². The molecule has 2 atom stereocenters. The maximum absolute atomic E-state index is 13.1. The topological polar surface area (TPSA) is 88.1 Å². The summed E-state index contributed by atoms with van der Waals surface area (Å²) in [7, 11) is -3.77. The zero-order chi connectivity index (χ0) is 22.1. The molecular formula is C22H24FN3O4S. The number of rotatable bonds is 6. The Morgan fingerprint density at radius 1 is 1.23 bits per heavy atom. The number of amides is 1. The number of benzene rings is 2. The van der Waals surface area contributed by atoms with Crippen LogP contribution in [0.4, 0.5) is 4.39 Å². The second kappa shape index (κ2) is 8.39. The molecule has 0 aromatic heterocycles. The fraction of sp³-hybridized carbons (Fsp3) is 0.364. The van der Waals surface area contributed by atoms with Crippen molar-refractivity contribution in [2.45, 2.75) is 36.2 Å². The molecule has 2 heterocycles. The zero-order valence-electron chi connectivity index (χ0n) is 17.1. The lowest BCUT2D eigenvalue weighted by atomic mass is 9.96. The third-order valence-corrected chi connectivity index (χ3v) is 7.63. The van der Waals surface area contributed by atoms with Crippen molar-refractivity contribution in [3.8, 4) is 0 Å². The number of hydrogen-bond acceptors (Lipinski definition) is 5. The Balaban J connectivity index is 1.34. The van der Waals surface area contributed by atoms with E-state index in [0.717, 1.165) is 17.7 Å². The van der Waals surface area contributed by atoms with Gasteiger partial charge in [0.1, 0.15) is 11.5 Å². The summed E-state index contributed by atoms with van der Waals surface area (Å²) in [6.45, 7) is 2.82. The highest BCUT2D eigenvalue weighted by Crippen LogP contribution is 2.36. The van der Waals surface area contributed by atoms with Crippen molar-refractivity contribution in [2.24, 2.45) is 5.16 Å². The normalized spacial score (nSPS) is 22.2. The Morgan fingerprint density at radius 3 is 2.65 bits per heavy atom. The van der Waals surface area contributed by atoms with E-state index in [1.54, 1.807) is 0 Å². The number of sulfonamides is 1. The number of carbonyl (C=O) groups excluding carboxylic acids is 1. The Bertz CT molecular complexity index is 1090. The summed E-state index contributed by atoms with van der Waals surface area (Å²) >= 11 is 0. The van der Waals surface area contributed by atoms with Gasteiger partial charge in [-0.25, -0.2) is 12.8 Å². The van der Waals surface area contributed by atoms with E-state index in [-0.39, 0.29) is 41.9 Å². The van der Waals surface area contributed by atoms with Crippen molar-refractivity contribution >= 4 is 21.6 Å². The monoisotopic (exact) mass is 445 g/mol. The number of nitrogens with zero attached hydrogens (tertiary/aromatic N) is 2. The van der Waals surface area contributed by atoms with Crippen molar-refractivity contribution in [1.82, 2.24) is 9.62 Å². The summed E-state index contributed by atoms with van der Waals surface area (Å²) in [4.78, 5) is 18.2. The second-order valence-electron chi connectivity index (χ2n) is 8.05. The van der Waals surface area contributed by atoms with E-state index in [1.807, 2.05) is 37.3 Å². The van der Waals surface area contributed by atoms with Gasteiger partial charge >= 0.3 is 0 Å². The first-order valence-electron chi connectivity index (χ1n) is 10.1. The van der Waals surface area contributed by atoms with Gasteiger partial charge in [-0.1, -0.05) is 42.4 Å². The van der Waals surface area contributed by atoms with Crippen LogP contribution in [0.3, 0.4) is 0 Å². The molecule has 2 aromatic carbocycles. The molecule has 1 saturated heterocycles. The summed E-state index contributed by atoms with van der Waals surface area (Å²) in [5, 5.41) is 6.84. The molecule has 2 aromatic rings. The van der Waals surface area contributed by atoms with Gasteiger partial charge in [-0.15, -0.1) is 0 Å². The van der Waals surface area contributed by atoms with Crippen molar-refractivity contribution in [2.75, 3.05) is 19.6 Å². The minimum absolute atomic E-state index is 0.0257. The molecule has 0 radical (unpaired) electrons. The molecule has 0 bridgehead atoms. The van der Waals surface area contributed by atoms with E-state index in [4.69, 9.17) is 4.84 Å². The number of nitrogens with one attached hydrogen (secondary N) is 1. The summed E-state index contributed by atoms with van der Waals surface area (Å²) in [5.74, 6) is -0.661. The molecule has 4 rings (SSSR count). The van der Waals surface area contributed by atoms with Crippen molar-refractivity contribution in [3.05, 3.63) is 66.0 Å². The minimum atomic E-state index is -3.77. The summed E-state index contributed by atoms with van der Waals surface area (Å²) in [5.41, 5.74) is 0.549. The van der Waals surface area contributed by atoms with E-state index in [1.165, 1.54) is 16.4 Å². The van der Waals surface area contributed by atoms with Crippen LogP contribution in [0.2, 0.25) is 0 Å². The van der Waals surface area contributed by atoms with E-state index in [0.29, 0.717) is 13.0 Å². The molecule has 0 saturated carbocycles. The minimum Gasteiger partial charge on any atom is -0.387 e. The molecule has 31 heavy (non-hydrogen) atoms. The average Bonchev–Trinajstić information content (AvgIpc) is 3.40. The molecule has 1 amide bonds. The fourth-order valence-electron chi connectivity index (χ4n) is 3.88. The van der Waals surface area contributed by atoms with Gasteiger partial charge in [0.15, 0.2) is 5.60 Å². The summed E-state index contributed by atoms with van der Waals surface area (Å²) in [6.07, 6.45) is 0.669. The lowest BCUT2D eigenvalue weighted by Crippen LogP contribution is -2.39. The first kappa shape index (κ1) is 21.5. The zero-order valence-corrected chi connectivity index (χ0v) is 17.9. The summed E-state index contributed by atoms with van der Waals surface area (Å²) in [6, 6.07) is 14.6. The quantitative estimate of drug-likeness (QED) is 0.741. The molecular weight excluding hydrogens is 421 g/mol. The number of hydrogen-bond donors (Lipinski definition) is 1. The van der Waals surface area contributed by atoms with Gasteiger partial charge in [-0.2, -0.15) is 4.31 Å². The van der Waals surface area contributed by atoms with Crippen LogP contribution < -0.4 is 5.32 Å². The number of halogens is 1. The maximum atomic E-state index is 13.1. The van der Waals surface area contributed by atoms with Gasteiger partial charge in [0, 0.05) is 25.9 Å². The highest BCUT2D eigenvalue weighted by Gasteiger charge is 2.49. The molecule has 1 spiro atoms. The van der Waals surface area contributed by atoms with Crippen LogP contribution in [0.1, 0.15) is 31.2 Å². The van der Waals surface area contributed by atoms with Gasteiger partial charge in [0.2, 0.25) is 10.0 Å². The Hall–Kier alpha value is -2.78. The average molecular weight is 446 g/mol. The molecule has 1 N–H and O–H groups in total. The first-order valence-corrected chi connectivity index (χ1v) is 11.6. The predicted octanol–water partition coefficient (Wildman–Crippen LogP) is 2.66. The van der Waals surface area contributed by atoms with Crippen LogP contribution in [0.5, 0.6) is 0 Å². The third kappa shape index (κ3) is 4.47. The van der Waals surface area contributed by atoms with Crippen molar-refractivity contribution < 1.29 is 22.4 Å². The first-order chi connectivity index (χ1) is 14.8. The molecule has 0 unspecified atom stereocenters. The molecule has 7 nitrogen and oxygen atoms in total. The number of carbonyl (C=O) groups is 1. The molecule has 2 aliphatic rings. The molecule has 2 aliphatic heterocycles. The summed E-state index contributed by atoms with van der Waals surface area (Å²) < 4.78 is 40.1. The van der Waals surface area contributed by atoms with Gasteiger partial charge in [0.05, 0.1) is 11.4 Å². The second-order valence-corrected chi connectivity index (χ2v) is 9.99. The van der Waals surface area contributed by atoms with E-state index in [9.17, 15) is 17.6 Å². The molecule has 164 valence electrons. The van der Waals surface area contributed by atoms with Crippen LogP contribution >= 0.6 is 0 Å². The van der Waals surface area contributed by atoms with Crippen LogP contribution in [0, 0.1) is 5.82 Å². The van der Waals surface area contributed by atoms with Crippen LogP contribution in [0.15, 0.2) is 64.6 Å². The van der Waals surface area contributed by atoms with Crippen LogP contribution in [0.25, 0.3) is 0 Å². The molecule has 9 heteroatoms. The van der Waals surface area contributed by atoms with E-state index in [2.05, 4.69) is 10.5 Å². The predicted molar refractivity (Wildman–Crippen MR) is 114 cm³/mol. The van der Waals surface area contributed by atoms with Gasteiger partial charge in [0.25, 0.3) is 5.91 Å². The smallest absolute Gasteiger partial charge is 0.269 e. The van der Waals surface area contributed by atoms with Crippen LogP contribution in [-0.4, -0.2) is 49.6 Å². The highest BCUT2D eigenvalue weighted by atomic mass is 32.2.